The second-order valence-corrected chi connectivity index (χ2v) is 7.11. The van der Waals surface area contributed by atoms with Gasteiger partial charge in [-0.05, 0) is 36.4 Å². The van der Waals surface area contributed by atoms with Gasteiger partial charge in [0.15, 0.2) is 5.65 Å². The van der Waals surface area contributed by atoms with Crippen LogP contribution in [0.3, 0.4) is 0 Å². The Morgan fingerprint density at radius 1 is 0.962 bits per heavy atom. The Balaban J connectivity index is 1.75. The van der Waals surface area contributed by atoms with E-state index in [9.17, 15) is 8.42 Å². The third-order valence-electron chi connectivity index (χ3n) is 3.81. The van der Waals surface area contributed by atoms with E-state index in [1.165, 1.54) is 18.5 Å². The van der Waals surface area contributed by atoms with Gasteiger partial charge in [-0.15, -0.1) is 0 Å². The maximum Gasteiger partial charge on any atom is 0.238 e. The number of benzene rings is 2. The minimum absolute atomic E-state index is 0.0405. The van der Waals surface area contributed by atoms with Crippen molar-refractivity contribution in [2.24, 2.45) is 5.14 Å². The highest BCUT2D eigenvalue weighted by Gasteiger charge is 2.13. The van der Waals surface area contributed by atoms with E-state index in [1.807, 2.05) is 30.3 Å². The lowest BCUT2D eigenvalue weighted by Crippen LogP contribution is -2.12. The normalized spacial score (nSPS) is 11.6. The summed E-state index contributed by atoms with van der Waals surface area (Å²) in [7, 11) is -3.74. The molecule has 9 heteroatoms. The Morgan fingerprint density at radius 2 is 1.69 bits per heavy atom. The molecule has 2 aromatic carbocycles. The van der Waals surface area contributed by atoms with E-state index in [2.05, 4.69) is 20.4 Å². The fourth-order valence-corrected chi connectivity index (χ4v) is 3.08. The van der Waals surface area contributed by atoms with Crippen LogP contribution in [0.15, 0.2) is 72.0 Å². The molecule has 0 bridgehead atoms. The van der Waals surface area contributed by atoms with Gasteiger partial charge in [0.2, 0.25) is 10.0 Å². The highest BCUT2D eigenvalue weighted by Crippen LogP contribution is 2.24. The summed E-state index contributed by atoms with van der Waals surface area (Å²) < 4.78 is 24.4. The van der Waals surface area contributed by atoms with Gasteiger partial charge in [-0.1, -0.05) is 18.2 Å². The zero-order valence-electron chi connectivity index (χ0n) is 13.4. The van der Waals surface area contributed by atoms with Gasteiger partial charge < -0.3 is 5.32 Å². The number of hydrogen-bond donors (Lipinski definition) is 2. The lowest BCUT2D eigenvalue weighted by atomic mass is 10.3. The van der Waals surface area contributed by atoms with Gasteiger partial charge in [0, 0.05) is 5.69 Å². The van der Waals surface area contributed by atoms with Gasteiger partial charge in [-0.2, -0.15) is 5.10 Å². The zero-order chi connectivity index (χ0) is 18.1. The van der Waals surface area contributed by atoms with E-state index in [-0.39, 0.29) is 4.90 Å². The Morgan fingerprint density at radius 3 is 2.38 bits per heavy atom. The van der Waals surface area contributed by atoms with E-state index in [1.54, 1.807) is 23.0 Å². The summed E-state index contributed by atoms with van der Waals surface area (Å²) in [5.74, 6) is 0.633. The summed E-state index contributed by atoms with van der Waals surface area (Å²) in [6.07, 6.45) is 3.11. The molecule has 0 spiro atoms. The fraction of sp³-hybridized carbons (Fsp3) is 0. The highest BCUT2D eigenvalue weighted by atomic mass is 32.2. The first-order valence-electron chi connectivity index (χ1n) is 7.66. The van der Waals surface area contributed by atoms with E-state index < -0.39 is 10.0 Å². The number of rotatable bonds is 4. The van der Waals surface area contributed by atoms with Crippen molar-refractivity contribution in [2.45, 2.75) is 4.90 Å². The number of aromatic nitrogens is 4. The molecule has 0 saturated carbocycles. The maximum atomic E-state index is 11.4. The number of hydrogen-bond acceptors (Lipinski definition) is 6. The number of para-hydroxylation sites is 1. The molecule has 2 aromatic heterocycles. The van der Waals surface area contributed by atoms with Crippen molar-refractivity contribution in [1.29, 1.82) is 0 Å². The predicted molar refractivity (Wildman–Crippen MR) is 97.8 cm³/mol. The molecule has 8 nitrogen and oxygen atoms in total. The summed E-state index contributed by atoms with van der Waals surface area (Å²) in [5.41, 5.74) is 2.16. The molecule has 130 valence electrons. The second kappa shape index (κ2) is 6.21. The third kappa shape index (κ3) is 3.01. The second-order valence-electron chi connectivity index (χ2n) is 5.55. The van der Waals surface area contributed by atoms with Crippen molar-refractivity contribution < 1.29 is 8.42 Å². The predicted octanol–water partition coefficient (Wildman–Crippen LogP) is 2.21. The van der Waals surface area contributed by atoms with E-state index >= 15 is 0 Å². The molecule has 0 aliphatic carbocycles. The number of primary sulfonamides is 1. The van der Waals surface area contributed by atoms with Crippen molar-refractivity contribution in [1.82, 2.24) is 19.7 Å². The summed E-state index contributed by atoms with van der Waals surface area (Å²) in [6.45, 7) is 0. The van der Waals surface area contributed by atoms with Gasteiger partial charge in [-0.3, -0.25) is 0 Å². The third-order valence-corrected chi connectivity index (χ3v) is 4.74. The molecule has 0 saturated heterocycles. The minimum Gasteiger partial charge on any atom is -0.340 e. The van der Waals surface area contributed by atoms with Gasteiger partial charge in [0.1, 0.15) is 12.1 Å². The molecule has 4 aromatic rings. The van der Waals surface area contributed by atoms with Crippen LogP contribution in [0.1, 0.15) is 0 Å². The quantitative estimate of drug-likeness (QED) is 0.572. The zero-order valence-corrected chi connectivity index (χ0v) is 14.3. The molecular weight excluding hydrogens is 352 g/mol. The molecule has 3 N–H and O–H groups in total. The number of sulfonamides is 1. The largest absolute Gasteiger partial charge is 0.340 e. The topological polar surface area (TPSA) is 116 Å². The van der Waals surface area contributed by atoms with E-state index in [0.717, 1.165) is 11.1 Å². The van der Waals surface area contributed by atoms with E-state index in [0.29, 0.717) is 17.2 Å². The van der Waals surface area contributed by atoms with Gasteiger partial charge >= 0.3 is 0 Å². The Bertz CT molecular complexity index is 1170. The lowest BCUT2D eigenvalue weighted by Gasteiger charge is -2.07. The number of nitrogens with zero attached hydrogens (tertiary/aromatic N) is 4. The molecule has 0 aliphatic heterocycles. The number of nitrogens with one attached hydrogen (secondary N) is 1. The monoisotopic (exact) mass is 366 g/mol. The minimum atomic E-state index is -3.74. The van der Waals surface area contributed by atoms with Crippen LogP contribution in [-0.4, -0.2) is 28.2 Å². The van der Waals surface area contributed by atoms with Crippen LogP contribution < -0.4 is 10.5 Å². The number of fused-ring (bicyclic) bond motifs is 1. The SMILES string of the molecule is NS(=O)(=O)c1ccc(-n2ncc3c(Nc4ccccc4)ncnc32)cc1. The van der Waals surface area contributed by atoms with Crippen molar-refractivity contribution in [3.8, 4) is 5.69 Å². The fourth-order valence-electron chi connectivity index (χ4n) is 2.57. The molecule has 0 radical (unpaired) electrons. The van der Waals surface area contributed by atoms with Crippen LogP contribution in [0.5, 0.6) is 0 Å². The molecule has 0 fully saturated rings. The smallest absolute Gasteiger partial charge is 0.238 e. The van der Waals surface area contributed by atoms with Crippen molar-refractivity contribution >= 4 is 32.6 Å². The Hall–Kier alpha value is -3.30. The van der Waals surface area contributed by atoms with Crippen LogP contribution in [0.2, 0.25) is 0 Å². The molecule has 0 unspecified atom stereocenters. The summed E-state index contributed by atoms with van der Waals surface area (Å²) in [5, 5.41) is 13.5. The Kier molecular flexibility index (Phi) is 3.86. The summed E-state index contributed by atoms with van der Waals surface area (Å²) in [6, 6.07) is 15.8. The van der Waals surface area contributed by atoms with Crippen LogP contribution in [0.25, 0.3) is 16.7 Å². The Labute approximate surface area is 149 Å². The van der Waals surface area contributed by atoms with Crippen LogP contribution in [0.4, 0.5) is 11.5 Å². The lowest BCUT2D eigenvalue weighted by molar-refractivity contribution is 0.598. The van der Waals surface area contributed by atoms with Crippen LogP contribution in [-0.2, 0) is 10.0 Å². The van der Waals surface area contributed by atoms with Crippen LogP contribution in [0, 0.1) is 0 Å². The number of anilines is 2. The first-order chi connectivity index (χ1) is 12.5. The summed E-state index contributed by atoms with van der Waals surface area (Å²) >= 11 is 0. The van der Waals surface area contributed by atoms with Gasteiger partial charge in [0.25, 0.3) is 0 Å². The molecule has 0 aliphatic rings. The highest BCUT2D eigenvalue weighted by molar-refractivity contribution is 7.89. The van der Waals surface area contributed by atoms with Gasteiger partial charge in [0.05, 0.1) is 22.2 Å². The molecule has 26 heavy (non-hydrogen) atoms. The maximum absolute atomic E-state index is 11.4. The molecule has 4 rings (SSSR count). The van der Waals surface area contributed by atoms with Crippen molar-refractivity contribution in [3.63, 3.8) is 0 Å². The van der Waals surface area contributed by atoms with Crippen molar-refractivity contribution in [3.05, 3.63) is 67.1 Å². The first-order valence-corrected chi connectivity index (χ1v) is 9.21. The first kappa shape index (κ1) is 16.2. The standard InChI is InChI=1S/C17H14N6O2S/c18-26(24,25)14-8-6-13(7-9-14)23-17-15(10-21-23)16(19-11-20-17)22-12-4-2-1-3-5-12/h1-11H,(H2,18,24,25)(H,19,20,22). The molecule has 2 heterocycles. The average Bonchev–Trinajstić information content (AvgIpc) is 3.07. The molecule has 0 amide bonds. The molecule has 0 atom stereocenters. The van der Waals surface area contributed by atoms with Gasteiger partial charge in [-0.25, -0.2) is 28.2 Å². The van der Waals surface area contributed by atoms with Crippen LogP contribution >= 0.6 is 0 Å². The van der Waals surface area contributed by atoms with E-state index in [4.69, 9.17) is 5.14 Å². The summed E-state index contributed by atoms with van der Waals surface area (Å²) in [4.78, 5) is 8.62. The molecular formula is C17H14N6O2S. The number of nitrogens with two attached hydrogens (primary N) is 1. The average molecular weight is 366 g/mol. The van der Waals surface area contributed by atoms with Crippen molar-refractivity contribution in [2.75, 3.05) is 5.32 Å².